The minimum absolute atomic E-state index is 0.0385. The maximum atomic E-state index is 12.9. The number of carbonyl (C=O) groups excluding carboxylic acids is 2. The highest BCUT2D eigenvalue weighted by Gasteiger charge is 2.32. The van der Waals surface area contributed by atoms with E-state index in [9.17, 15) is 27.0 Å². The molecular formula is C19H19F3N4O4S. The predicted molar refractivity (Wildman–Crippen MR) is 108 cm³/mol. The normalized spacial score (nSPS) is 15.5. The first-order chi connectivity index (χ1) is 14.7. The van der Waals surface area contributed by atoms with Crippen LogP contribution in [0.1, 0.15) is 18.5 Å². The number of benzene rings is 1. The van der Waals surface area contributed by atoms with Gasteiger partial charge in [-0.2, -0.15) is 0 Å². The van der Waals surface area contributed by atoms with Crippen LogP contribution in [0.15, 0.2) is 42.6 Å². The summed E-state index contributed by atoms with van der Waals surface area (Å²) in [5.74, 6) is -0.194. The van der Waals surface area contributed by atoms with E-state index in [4.69, 9.17) is 0 Å². The highest BCUT2D eigenvalue weighted by molar-refractivity contribution is 7.84. The third-order valence-corrected chi connectivity index (χ3v) is 5.70. The van der Waals surface area contributed by atoms with Gasteiger partial charge in [0.2, 0.25) is 5.91 Å². The molecule has 0 fully saturated rings. The molecule has 2 heterocycles. The van der Waals surface area contributed by atoms with Gasteiger partial charge in [0, 0.05) is 28.5 Å². The largest absolute Gasteiger partial charge is 0.573 e. The Bertz CT molecular complexity index is 985. The quantitative estimate of drug-likeness (QED) is 0.696. The third kappa shape index (κ3) is 5.94. The van der Waals surface area contributed by atoms with Crippen LogP contribution < -0.4 is 20.3 Å². The van der Waals surface area contributed by atoms with Crippen molar-refractivity contribution in [3.8, 4) is 5.75 Å². The van der Waals surface area contributed by atoms with Gasteiger partial charge in [-0.15, -0.1) is 13.2 Å². The van der Waals surface area contributed by atoms with Crippen LogP contribution in [-0.4, -0.2) is 45.5 Å². The summed E-state index contributed by atoms with van der Waals surface area (Å²) < 4.78 is 53.2. The second-order valence-corrected chi connectivity index (χ2v) is 8.31. The molecule has 12 heteroatoms. The fourth-order valence-electron chi connectivity index (χ4n) is 2.94. The van der Waals surface area contributed by atoms with Crippen LogP contribution in [0.5, 0.6) is 5.75 Å². The molecule has 3 amide bonds. The van der Waals surface area contributed by atoms with Crippen LogP contribution in [0.25, 0.3) is 0 Å². The summed E-state index contributed by atoms with van der Waals surface area (Å²) in [5, 5.41) is 5.33. The summed E-state index contributed by atoms with van der Waals surface area (Å²) in [7, 11) is -1.29. The lowest BCUT2D eigenvalue weighted by Gasteiger charge is -2.30. The summed E-state index contributed by atoms with van der Waals surface area (Å²) in [6, 6.07) is 6.72. The second-order valence-electron chi connectivity index (χ2n) is 6.52. The van der Waals surface area contributed by atoms with E-state index in [1.807, 2.05) is 0 Å². The first kappa shape index (κ1) is 22.5. The van der Waals surface area contributed by atoms with Crippen molar-refractivity contribution in [1.29, 1.82) is 0 Å². The molecule has 1 aliphatic heterocycles. The van der Waals surface area contributed by atoms with Gasteiger partial charge < -0.3 is 15.4 Å². The van der Waals surface area contributed by atoms with Gasteiger partial charge in [0.15, 0.2) is 5.82 Å². The third-order valence-electron chi connectivity index (χ3n) is 4.35. The molecule has 0 saturated carbocycles. The zero-order valence-corrected chi connectivity index (χ0v) is 17.1. The van der Waals surface area contributed by atoms with E-state index in [0.29, 0.717) is 17.0 Å². The lowest BCUT2D eigenvalue weighted by Crippen LogP contribution is -2.49. The van der Waals surface area contributed by atoms with Crippen molar-refractivity contribution < 1.29 is 31.7 Å². The Morgan fingerprint density at radius 1 is 1.32 bits per heavy atom. The number of ether oxygens (including phenoxy) is 1. The average molecular weight is 456 g/mol. The zero-order valence-electron chi connectivity index (χ0n) is 16.3. The number of aromatic nitrogens is 1. The van der Waals surface area contributed by atoms with Gasteiger partial charge in [0.1, 0.15) is 12.3 Å². The summed E-state index contributed by atoms with van der Waals surface area (Å²) in [6.45, 7) is 1.45. The highest BCUT2D eigenvalue weighted by Crippen LogP contribution is 2.28. The molecule has 1 aliphatic rings. The first-order valence-electron chi connectivity index (χ1n) is 9.20. The van der Waals surface area contributed by atoms with Gasteiger partial charge in [-0.05, 0) is 29.8 Å². The average Bonchev–Trinajstić information content (AvgIpc) is 2.71. The van der Waals surface area contributed by atoms with E-state index in [1.165, 1.54) is 18.3 Å². The molecule has 0 aliphatic carbocycles. The lowest BCUT2D eigenvalue weighted by atomic mass is 10.1. The van der Waals surface area contributed by atoms with Crippen LogP contribution in [-0.2, 0) is 15.6 Å². The fraction of sp³-hybridized carbons (Fsp3) is 0.316. The molecule has 3 rings (SSSR count). The number of anilines is 2. The Labute approximate surface area is 178 Å². The summed E-state index contributed by atoms with van der Waals surface area (Å²) in [4.78, 5) is 30.2. The summed E-state index contributed by atoms with van der Waals surface area (Å²) in [5.41, 5.74) is 0.809. The number of pyridine rings is 1. The number of halogens is 3. The number of fused-ring (bicyclic) bond motifs is 1. The van der Waals surface area contributed by atoms with Crippen molar-refractivity contribution in [2.75, 3.05) is 28.3 Å². The topological polar surface area (TPSA) is 101 Å². The Balaban J connectivity index is 1.82. The molecule has 0 saturated heterocycles. The molecule has 166 valence electrons. The molecule has 2 N–H and O–H groups in total. The zero-order chi connectivity index (χ0) is 22.6. The van der Waals surface area contributed by atoms with Crippen molar-refractivity contribution in [1.82, 2.24) is 10.3 Å². The molecule has 2 atom stereocenters. The van der Waals surface area contributed by atoms with Gasteiger partial charge in [-0.1, -0.05) is 19.1 Å². The Morgan fingerprint density at radius 2 is 2.03 bits per heavy atom. The number of rotatable bonds is 6. The smallest absolute Gasteiger partial charge is 0.406 e. The number of nitrogens with zero attached hydrogens (tertiary/aromatic N) is 2. The standard InChI is InChI=1S/C19H19F3N4O4S/c1-2-31(29)11-15(12-5-7-13(8-6-12)30-19(20,21)22)25-18(28)26-10-16(27)24-14-4-3-9-23-17(14)26/h3-9,15H,2,10-11H2,1H3,(H,24,27)(H,25,28). The molecule has 0 radical (unpaired) electrons. The Kier molecular flexibility index (Phi) is 6.78. The predicted octanol–water partition coefficient (Wildman–Crippen LogP) is 2.96. The van der Waals surface area contributed by atoms with E-state index < -0.39 is 40.9 Å². The van der Waals surface area contributed by atoms with E-state index in [-0.39, 0.29) is 18.1 Å². The van der Waals surface area contributed by atoms with Crippen molar-refractivity contribution in [2.24, 2.45) is 0 Å². The molecule has 0 bridgehead atoms. The maximum absolute atomic E-state index is 12.9. The molecule has 31 heavy (non-hydrogen) atoms. The highest BCUT2D eigenvalue weighted by atomic mass is 32.2. The Hall–Kier alpha value is -3.15. The summed E-state index contributed by atoms with van der Waals surface area (Å²) in [6.07, 6.45) is -3.35. The molecule has 0 spiro atoms. The van der Waals surface area contributed by atoms with Crippen LogP contribution in [0.4, 0.5) is 29.5 Å². The number of nitrogens with one attached hydrogen (secondary N) is 2. The maximum Gasteiger partial charge on any atom is 0.573 e. The van der Waals surface area contributed by atoms with Crippen molar-refractivity contribution in [3.63, 3.8) is 0 Å². The number of hydrogen-bond acceptors (Lipinski definition) is 5. The van der Waals surface area contributed by atoms with Gasteiger partial charge in [0.05, 0.1) is 11.7 Å². The molecule has 8 nitrogen and oxygen atoms in total. The number of hydrogen-bond donors (Lipinski definition) is 2. The fourth-order valence-corrected chi connectivity index (χ4v) is 3.82. The lowest BCUT2D eigenvalue weighted by molar-refractivity contribution is -0.274. The van der Waals surface area contributed by atoms with Crippen molar-refractivity contribution >= 4 is 34.2 Å². The number of alkyl halides is 3. The van der Waals surface area contributed by atoms with E-state index in [2.05, 4.69) is 20.4 Å². The number of amides is 3. The van der Waals surface area contributed by atoms with Gasteiger partial charge in [-0.3, -0.25) is 13.9 Å². The minimum Gasteiger partial charge on any atom is -0.406 e. The SMILES string of the molecule is CCS(=O)CC(NC(=O)N1CC(=O)Nc2cccnc21)c1ccc(OC(F)(F)F)cc1. The Morgan fingerprint density at radius 3 is 2.68 bits per heavy atom. The first-order valence-corrected chi connectivity index (χ1v) is 10.7. The molecular weight excluding hydrogens is 437 g/mol. The van der Waals surface area contributed by atoms with Gasteiger partial charge >= 0.3 is 12.4 Å². The molecule has 2 unspecified atom stereocenters. The van der Waals surface area contributed by atoms with E-state index in [0.717, 1.165) is 17.0 Å². The molecule has 1 aromatic carbocycles. The van der Waals surface area contributed by atoms with Gasteiger partial charge in [0.25, 0.3) is 0 Å². The van der Waals surface area contributed by atoms with Crippen molar-refractivity contribution in [3.05, 3.63) is 48.2 Å². The monoisotopic (exact) mass is 456 g/mol. The van der Waals surface area contributed by atoms with E-state index >= 15 is 0 Å². The van der Waals surface area contributed by atoms with E-state index in [1.54, 1.807) is 19.1 Å². The minimum atomic E-state index is -4.83. The number of urea groups is 1. The number of carbonyl (C=O) groups is 2. The molecule has 2 aromatic rings. The van der Waals surface area contributed by atoms with Crippen molar-refractivity contribution in [2.45, 2.75) is 19.3 Å². The summed E-state index contributed by atoms with van der Waals surface area (Å²) >= 11 is 0. The van der Waals surface area contributed by atoms with Gasteiger partial charge in [-0.25, -0.2) is 9.78 Å². The van der Waals surface area contributed by atoms with Crippen LogP contribution in [0, 0.1) is 0 Å². The van der Waals surface area contributed by atoms with Crippen LogP contribution in [0.3, 0.4) is 0 Å². The second kappa shape index (κ2) is 9.33. The van der Waals surface area contributed by atoms with Crippen LogP contribution in [0.2, 0.25) is 0 Å². The molecule has 1 aromatic heterocycles. The van der Waals surface area contributed by atoms with Crippen LogP contribution >= 0.6 is 0 Å².